The lowest BCUT2D eigenvalue weighted by molar-refractivity contribution is -0.138. The number of ether oxygens (including phenoxy) is 1. The number of urea groups is 1. The van der Waals surface area contributed by atoms with Crippen LogP contribution in [0.4, 0.5) is 4.79 Å². The van der Waals surface area contributed by atoms with Crippen molar-refractivity contribution in [2.75, 3.05) is 14.2 Å². The highest BCUT2D eigenvalue weighted by Crippen LogP contribution is 2.19. The van der Waals surface area contributed by atoms with E-state index in [2.05, 4.69) is 5.32 Å². The molecular weight excluding hydrogens is 272 g/mol. The van der Waals surface area contributed by atoms with Crippen LogP contribution in [-0.2, 0) is 11.3 Å². The predicted molar refractivity (Wildman–Crippen MR) is 79.3 cm³/mol. The number of carbonyl (C=O) groups is 2. The number of carbonyl (C=O) groups excluding carboxylic acids is 1. The van der Waals surface area contributed by atoms with Gasteiger partial charge in [0.25, 0.3) is 0 Å². The molecule has 0 atom stereocenters. The van der Waals surface area contributed by atoms with E-state index in [1.54, 1.807) is 28.0 Å². The van der Waals surface area contributed by atoms with Crippen LogP contribution in [0.5, 0.6) is 5.75 Å². The number of methoxy groups -OCH3 is 1. The van der Waals surface area contributed by atoms with E-state index in [1.807, 2.05) is 24.3 Å². The second-order valence-corrected chi connectivity index (χ2v) is 5.55. The van der Waals surface area contributed by atoms with Gasteiger partial charge in [0.15, 0.2) is 0 Å². The summed E-state index contributed by atoms with van der Waals surface area (Å²) in [5, 5.41) is 11.5. The molecule has 0 saturated heterocycles. The number of nitrogens with one attached hydrogen (secondary N) is 1. The Bertz CT molecular complexity index is 514. The lowest BCUT2D eigenvalue weighted by Gasteiger charge is -2.28. The number of para-hydroxylation sites is 1. The van der Waals surface area contributed by atoms with Crippen LogP contribution in [0.2, 0.25) is 0 Å². The van der Waals surface area contributed by atoms with Crippen molar-refractivity contribution in [3.8, 4) is 5.75 Å². The first-order chi connectivity index (χ1) is 9.75. The SMILES string of the molecule is COc1ccccc1CN(C)C(=O)NC(C)(C)CC(=O)O. The lowest BCUT2D eigenvalue weighted by atomic mass is 10.0. The molecular formula is C15H22N2O4. The van der Waals surface area contributed by atoms with Crippen molar-refractivity contribution < 1.29 is 19.4 Å². The quantitative estimate of drug-likeness (QED) is 0.842. The average molecular weight is 294 g/mol. The van der Waals surface area contributed by atoms with Gasteiger partial charge in [-0.25, -0.2) is 4.79 Å². The molecule has 0 heterocycles. The number of benzene rings is 1. The first-order valence-corrected chi connectivity index (χ1v) is 6.62. The normalized spacial score (nSPS) is 10.9. The number of amides is 2. The van der Waals surface area contributed by atoms with Gasteiger partial charge in [0, 0.05) is 18.2 Å². The summed E-state index contributed by atoms with van der Waals surface area (Å²) in [6.07, 6.45) is -0.138. The van der Waals surface area contributed by atoms with E-state index < -0.39 is 11.5 Å². The first-order valence-electron chi connectivity index (χ1n) is 6.62. The van der Waals surface area contributed by atoms with E-state index in [0.717, 1.165) is 5.56 Å². The van der Waals surface area contributed by atoms with Gasteiger partial charge in [-0.15, -0.1) is 0 Å². The van der Waals surface area contributed by atoms with Crippen LogP contribution in [-0.4, -0.2) is 41.7 Å². The van der Waals surface area contributed by atoms with Crippen molar-refractivity contribution in [1.29, 1.82) is 0 Å². The molecule has 6 nitrogen and oxygen atoms in total. The van der Waals surface area contributed by atoms with Crippen molar-refractivity contribution >= 4 is 12.0 Å². The van der Waals surface area contributed by atoms with Crippen LogP contribution in [0.15, 0.2) is 24.3 Å². The number of hydrogen-bond donors (Lipinski definition) is 2. The molecule has 1 aromatic rings. The summed E-state index contributed by atoms with van der Waals surface area (Å²) in [5.41, 5.74) is 0.0755. The maximum absolute atomic E-state index is 12.1. The van der Waals surface area contributed by atoms with Crippen LogP contribution in [0.25, 0.3) is 0 Å². The van der Waals surface area contributed by atoms with Crippen molar-refractivity contribution in [3.05, 3.63) is 29.8 Å². The Morgan fingerprint density at radius 3 is 2.52 bits per heavy atom. The molecule has 21 heavy (non-hydrogen) atoms. The Morgan fingerprint density at radius 1 is 1.33 bits per heavy atom. The van der Waals surface area contributed by atoms with E-state index in [9.17, 15) is 9.59 Å². The Labute approximate surface area is 124 Å². The van der Waals surface area contributed by atoms with Gasteiger partial charge < -0.3 is 20.1 Å². The third kappa shape index (κ3) is 5.33. The first kappa shape index (κ1) is 16.8. The van der Waals surface area contributed by atoms with E-state index >= 15 is 0 Å². The maximum Gasteiger partial charge on any atom is 0.317 e. The minimum atomic E-state index is -0.951. The van der Waals surface area contributed by atoms with E-state index in [-0.39, 0.29) is 12.5 Å². The molecule has 116 valence electrons. The summed E-state index contributed by atoms with van der Waals surface area (Å²) in [5.74, 6) is -0.241. The van der Waals surface area contributed by atoms with E-state index in [1.165, 1.54) is 4.90 Å². The molecule has 0 unspecified atom stereocenters. The van der Waals surface area contributed by atoms with E-state index in [4.69, 9.17) is 9.84 Å². The molecule has 0 aromatic heterocycles. The Hall–Kier alpha value is -2.24. The summed E-state index contributed by atoms with van der Waals surface area (Å²) in [7, 11) is 3.23. The summed E-state index contributed by atoms with van der Waals surface area (Å²) in [6, 6.07) is 7.11. The maximum atomic E-state index is 12.1. The molecule has 0 aliphatic rings. The summed E-state index contributed by atoms with van der Waals surface area (Å²) < 4.78 is 5.24. The minimum Gasteiger partial charge on any atom is -0.496 e. The fourth-order valence-corrected chi connectivity index (χ4v) is 1.97. The summed E-state index contributed by atoms with van der Waals surface area (Å²) in [4.78, 5) is 24.4. The molecule has 0 spiro atoms. The predicted octanol–water partition coefficient (Wildman–Crippen LogP) is 2.09. The molecule has 0 aliphatic carbocycles. The molecule has 6 heteroatoms. The minimum absolute atomic E-state index is 0.138. The smallest absolute Gasteiger partial charge is 0.317 e. The lowest BCUT2D eigenvalue weighted by Crippen LogP contribution is -2.49. The van der Waals surface area contributed by atoms with Crippen LogP contribution in [0.3, 0.4) is 0 Å². The molecule has 0 fully saturated rings. The molecule has 0 saturated carbocycles. The van der Waals surface area contributed by atoms with Crippen molar-refractivity contribution in [3.63, 3.8) is 0 Å². The van der Waals surface area contributed by atoms with Crippen molar-refractivity contribution in [2.45, 2.75) is 32.4 Å². The van der Waals surface area contributed by atoms with E-state index in [0.29, 0.717) is 12.3 Å². The van der Waals surface area contributed by atoms with Crippen LogP contribution in [0.1, 0.15) is 25.8 Å². The van der Waals surface area contributed by atoms with Gasteiger partial charge >= 0.3 is 12.0 Å². The number of carboxylic acid groups (broad SMARTS) is 1. The monoisotopic (exact) mass is 294 g/mol. The van der Waals surface area contributed by atoms with Gasteiger partial charge in [0.1, 0.15) is 5.75 Å². The highest BCUT2D eigenvalue weighted by Gasteiger charge is 2.25. The number of carboxylic acids is 1. The third-order valence-corrected chi connectivity index (χ3v) is 2.99. The van der Waals surface area contributed by atoms with Crippen LogP contribution in [0, 0.1) is 0 Å². The molecule has 1 aromatic carbocycles. The van der Waals surface area contributed by atoms with Gasteiger partial charge in [0.05, 0.1) is 20.1 Å². The Kier molecular flexibility index (Phi) is 5.58. The molecule has 0 aliphatic heterocycles. The fourth-order valence-electron chi connectivity index (χ4n) is 1.97. The van der Waals surface area contributed by atoms with Gasteiger partial charge in [-0.05, 0) is 19.9 Å². The topological polar surface area (TPSA) is 78.9 Å². The van der Waals surface area contributed by atoms with Gasteiger partial charge in [-0.3, -0.25) is 4.79 Å². The highest BCUT2D eigenvalue weighted by molar-refractivity contribution is 5.76. The molecule has 0 bridgehead atoms. The Morgan fingerprint density at radius 2 is 1.95 bits per heavy atom. The second-order valence-electron chi connectivity index (χ2n) is 5.55. The summed E-state index contributed by atoms with van der Waals surface area (Å²) >= 11 is 0. The zero-order valence-electron chi connectivity index (χ0n) is 12.8. The molecule has 2 amide bonds. The summed E-state index contributed by atoms with van der Waals surface area (Å²) in [6.45, 7) is 3.73. The second kappa shape index (κ2) is 6.97. The van der Waals surface area contributed by atoms with Crippen LogP contribution < -0.4 is 10.1 Å². The van der Waals surface area contributed by atoms with Gasteiger partial charge in [-0.2, -0.15) is 0 Å². The Balaban J connectivity index is 2.69. The molecule has 0 radical (unpaired) electrons. The largest absolute Gasteiger partial charge is 0.496 e. The van der Waals surface area contributed by atoms with Crippen molar-refractivity contribution in [2.24, 2.45) is 0 Å². The van der Waals surface area contributed by atoms with Gasteiger partial charge in [0.2, 0.25) is 0 Å². The number of rotatable bonds is 6. The zero-order chi connectivity index (χ0) is 16.0. The standard InChI is InChI=1S/C15H22N2O4/c1-15(2,9-13(18)19)16-14(20)17(3)10-11-7-5-6-8-12(11)21-4/h5-8H,9-10H2,1-4H3,(H,16,20)(H,18,19). The average Bonchev–Trinajstić information content (AvgIpc) is 2.37. The van der Waals surface area contributed by atoms with Crippen LogP contribution >= 0.6 is 0 Å². The number of nitrogens with zero attached hydrogens (tertiary/aromatic N) is 1. The van der Waals surface area contributed by atoms with Gasteiger partial charge in [-0.1, -0.05) is 18.2 Å². The molecule has 2 N–H and O–H groups in total. The fraction of sp³-hybridized carbons (Fsp3) is 0.467. The number of aliphatic carboxylic acids is 1. The highest BCUT2D eigenvalue weighted by atomic mass is 16.5. The number of hydrogen-bond acceptors (Lipinski definition) is 3. The third-order valence-electron chi connectivity index (χ3n) is 2.99. The zero-order valence-corrected chi connectivity index (χ0v) is 12.8. The van der Waals surface area contributed by atoms with Crippen molar-refractivity contribution in [1.82, 2.24) is 10.2 Å². The molecule has 1 rings (SSSR count).